The van der Waals surface area contributed by atoms with Crippen LogP contribution >= 0.6 is 0 Å². The molecule has 1 aliphatic carbocycles. The van der Waals surface area contributed by atoms with Crippen LogP contribution in [-0.4, -0.2) is 49.3 Å². The fraction of sp³-hybridized carbons (Fsp3) is 0.941. The molecule has 0 aromatic rings. The maximum absolute atomic E-state index is 12.2. The zero-order valence-electron chi connectivity index (χ0n) is 14.1. The number of nitrogens with zero attached hydrogens (tertiary/aromatic N) is 1. The molecule has 0 radical (unpaired) electrons. The molecular formula is C17H31NO3. The Morgan fingerprint density at radius 1 is 1.29 bits per heavy atom. The van der Waals surface area contributed by atoms with Gasteiger partial charge in [0, 0.05) is 18.6 Å². The van der Waals surface area contributed by atoms with Crippen LogP contribution in [0, 0.1) is 11.3 Å². The number of carbonyl (C=O) groups excluding carboxylic acids is 1. The van der Waals surface area contributed by atoms with Crippen molar-refractivity contribution in [1.29, 1.82) is 0 Å². The second kappa shape index (κ2) is 6.66. The van der Waals surface area contributed by atoms with E-state index in [1.807, 2.05) is 6.92 Å². The summed E-state index contributed by atoms with van der Waals surface area (Å²) in [7, 11) is 0. The number of rotatable bonds is 4. The van der Waals surface area contributed by atoms with E-state index in [0.29, 0.717) is 24.4 Å². The first kappa shape index (κ1) is 16.8. The molecule has 1 aliphatic heterocycles. The van der Waals surface area contributed by atoms with Gasteiger partial charge in [0.25, 0.3) is 0 Å². The van der Waals surface area contributed by atoms with E-state index < -0.39 is 0 Å². The third-order valence-electron chi connectivity index (χ3n) is 5.41. The van der Waals surface area contributed by atoms with Crippen LogP contribution in [0.15, 0.2) is 0 Å². The van der Waals surface area contributed by atoms with Crippen molar-refractivity contribution in [2.45, 2.75) is 58.9 Å². The number of morpholine rings is 1. The zero-order chi connectivity index (χ0) is 15.5. The number of hydrogen-bond acceptors (Lipinski definition) is 4. The first-order valence-corrected chi connectivity index (χ1v) is 8.38. The van der Waals surface area contributed by atoms with Crippen LogP contribution in [0.25, 0.3) is 0 Å². The summed E-state index contributed by atoms with van der Waals surface area (Å²) in [5, 5.41) is 0. The van der Waals surface area contributed by atoms with Gasteiger partial charge in [-0.15, -0.1) is 0 Å². The largest absolute Gasteiger partial charge is 0.466 e. The summed E-state index contributed by atoms with van der Waals surface area (Å²) < 4.78 is 10.8. The molecule has 0 aromatic carbocycles. The van der Waals surface area contributed by atoms with Gasteiger partial charge in [-0.05, 0) is 37.5 Å². The molecule has 1 saturated carbocycles. The second-order valence-electron chi connectivity index (χ2n) is 7.45. The monoisotopic (exact) mass is 297 g/mol. The molecule has 0 spiro atoms. The van der Waals surface area contributed by atoms with Crippen LogP contribution in [-0.2, 0) is 14.3 Å². The van der Waals surface area contributed by atoms with Crippen LogP contribution in [0.1, 0.15) is 53.4 Å². The Labute approximate surface area is 129 Å². The Balaban J connectivity index is 2.19. The Hall–Kier alpha value is -0.610. The minimum absolute atomic E-state index is 0.0362. The van der Waals surface area contributed by atoms with Gasteiger partial charge in [0.2, 0.25) is 0 Å². The molecule has 2 atom stereocenters. The maximum atomic E-state index is 12.2. The summed E-state index contributed by atoms with van der Waals surface area (Å²) >= 11 is 0. The standard InChI is InChI=1S/C17H31NO3/c1-5-21-15(19)13-17(18-8-10-20-11-9-18)7-6-16(3,4)12-14(17)2/h14H,5-13H2,1-4H3. The van der Waals surface area contributed by atoms with Crippen molar-refractivity contribution in [3.05, 3.63) is 0 Å². The lowest BCUT2D eigenvalue weighted by Gasteiger charge is -2.54. The van der Waals surface area contributed by atoms with Crippen molar-refractivity contribution in [2.24, 2.45) is 11.3 Å². The van der Waals surface area contributed by atoms with Gasteiger partial charge in [0.1, 0.15) is 0 Å². The number of carbonyl (C=O) groups is 1. The normalized spacial score (nSPS) is 33.6. The van der Waals surface area contributed by atoms with E-state index >= 15 is 0 Å². The molecule has 2 aliphatic rings. The summed E-state index contributed by atoms with van der Waals surface area (Å²) in [5.74, 6) is 0.458. The molecule has 122 valence electrons. The van der Waals surface area contributed by atoms with E-state index in [1.54, 1.807) is 0 Å². The van der Waals surface area contributed by atoms with Gasteiger partial charge >= 0.3 is 5.97 Å². The molecule has 4 nitrogen and oxygen atoms in total. The first-order valence-electron chi connectivity index (χ1n) is 8.38. The van der Waals surface area contributed by atoms with Gasteiger partial charge < -0.3 is 9.47 Å². The molecule has 0 aromatic heterocycles. The average molecular weight is 297 g/mol. The fourth-order valence-electron chi connectivity index (χ4n) is 4.24. The quantitative estimate of drug-likeness (QED) is 0.748. The van der Waals surface area contributed by atoms with Crippen molar-refractivity contribution < 1.29 is 14.3 Å². The zero-order valence-corrected chi connectivity index (χ0v) is 14.1. The molecule has 0 N–H and O–H groups in total. The summed E-state index contributed by atoms with van der Waals surface area (Å²) in [6.45, 7) is 12.8. The number of hydrogen-bond donors (Lipinski definition) is 0. The smallest absolute Gasteiger partial charge is 0.307 e. The minimum atomic E-state index is -0.0458. The third kappa shape index (κ3) is 3.78. The van der Waals surface area contributed by atoms with Crippen molar-refractivity contribution in [3.63, 3.8) is 0 Å². The van der Waals surface area contributed by atoms with Gasteiger partial charge in [0.15, 0.2) is 0 Å². The van der Waals surface area contributed by atoms with Crippen LogP contribution in [0.4, 0.5) is 0 Å². The van der Waals surface area contributed by atoms with Gasteiger partial charge in [-0.25, -0.2) is 0 Å². The predicted molar refractivity (Wildman–Crippen MR) is 83.2 cm³/mol. The maximum Gasteiger partial charge on any atom is 0.307 e. The van der Waals surface area contributed by atoms with E-state index in [2.05, 4.69) is 25.7 Å². The molecule has 2 fully saturated rings. The molecule has 0 bridgehead atoms. The first-order chi connectivity index (χ1) is 9.89. The van der Waals surface area contributed by atoms with Crippen LogP contribution in [0.5, 0.6) is 0 Å². The van der Waals surface area contributed by atoms with Gasteiger partial charge in [-0.2, -0.15) is 0 Å². The van der Waals surface area contributed by atoms with Crippen molar-refractivity contribution in [1.82, 2.24) is 4.90 Å². The number of esters is 1. The summed E-state index contributed by atoms with van der Waals surface area (Å²) in [6.07, 6.45) is 3.95. The highest BCUT2D eigenvalue weighted by atomic mass is 16.5. The lowest BCUT2D eigenvalue weighted by molar-refractivity contribution is -0.152. The Kier molecular flexibility index (Phi) is 5.31. The molecule has 2 rings (SSSR count). The Morgan fingerprint density at radius 3 is 2.52 bits per heavy atom. The van der Waals surface area contributed by atoms with E-state index in [4.69, 9.17) is 9.47 Å². The molecule has 4 heteroatoms. The van der Waals surface area contributed by atoms with E-state index in [9.17, 15) is 4.79 Å². The van der Waals surface area contributed by atoms with E-state index in [-0.39, 0.29) is 11.5 Å². The van der Waals surface area contributed by atoms with E-state index in [0.717, 1.165) is 32.7 Å². The van der Waals surface area contributed by atoms with Crippen LogP contribution < -0.4 is 0 Å². The Morgan fingerprint density at radius 2 is 1.95 bits per heavy atom. The molecule has 0 amide bonds. The predicted octanol–water partition coefficient (Wildman–Crippen LogP) is 2.86. The molecular weight excluding hydrogens is 266 g/mol. The highest BCUT2D eigenvalue weighted by molar-refractivity contribution is 5.71. The highest BCUT2D eigenvalue weighted by Gasteiger charge is 2.49. The summed E-state index contributed by atoms with van der Waals surface area (Å²) in [4.78, 5) is 14.7. The lowest BCUT2D eigenvalue weighted by Crippen LogP contribution is -2.60. The fourth-order valence-corrected chi connectivity index (χ4v) is 4.24. The second-order valence-corrected chi connectivity index (χ2v) is 7.45. The molecule has 21 heavy (non-hydrogen) atoms. The summed E-state index contributed by atoms with van der Waals surface area (Å²) in [6, 6.07) is 0. The van der Waals surface area contributed by atoms with Crippen molar-refractivity contribution in [2.75, 3.05) is 32.9 Å². The Bertz CT molecular complexity index is 363. The molecule has 1 heterocycles. The van der Waals surface area contributed by atoms with Crippen LogP contribution in [0.3, 0.4) is 0 Å². The lowest BCUT2D eigenvalue weighted by atomic mass is 9.62. The van der Waals surface area contributed by atoms with Gasteiger partial charge in [-0.3, -0.25) is 9.69 Å². The summed E-state index contributed by atoms with van der Waals surface area (Å²) in [5.41, 5.74) is 0.343. The van der Waals surface area contributed by atoms with Gasteiger partial charge in [0.05, 0.1) is 26.2 Å². The third-order valence-corrected chi connectivity index (χ3v) is 5.41. The van der Waals surface area contributed by atoms with E-state index in [1.165, 1.54) is 12.8 Å². The van der Waals surface area contributed by atoms with Crippen LogP contribution in [0.2, 0.25) is 0 Å². The molecule has 2 unspecified atom stereocenters. The number of ether oxygens (including phenoxy) is 2. The van der Waals surface area contributed by atoms with Gasteiger partial charge in [-0.1, -0.05) is 20.8 Å². The minimum Gasteiger partial charge on any atom is -0.466 e. The van der Waals surface area contributed by atoms with Crippen molar-refractivity contribution >= 4 is 5.97 Å². The topological polar surface area (TPSA) is 38.8 Å². The molecule has 1 saturated heterocycles. The highest BCUT2D eigenvalue weighted by Crippen LogP contribution is 2.48. The average Bonchev–Trinajstić information content (AvgIpc) is 2.43. The van der Waals surface area contributed by atoms with Crippen molar-refractivity contribution in [3.8, 4) is 0 Å². The SMILES string of the molecule is CCOC(=O)CC1(N2CCOCC2)CCC(C)(C)CC1C.